The van der Waals surface area contributed by atoms with Crippen molar-refractivity contribution in [1.82, 2.24) is 4.98 Å². The van der Waals surface area contributed by atoms with Crippen molar-refractivity contribution in [3.63, 3.8) is 0 Å². The maximum absolute atomic E-state index is 9.77. The Kier molecular flexibility index (Phi) is 2.38. The second-order valence-electron chi connectivity index (χ2n) is 3.94. The predicted molar refractivity (Wildman–Crippen MR) is 56.0 cm³/mol. The molecule has 0 saturated heterocycles. The van der Waals surface area contributed by atoms with Gasteiger partial charge in [-0.3, -0.25) is 4.98 Å². The fourth-order valence-corrected chi connectivity index (χ4v) is 1.84. The summed E-state index contributed by atoms with van der Waals surface area (Å²) < 4.78 is 0. The fraction of sp³-hybridized carbons (Fsp3) is 0.417. The summed E-state index contributed by atoms with van der Waals surface area (Å²) in [5.74, 6) is 0. The molecule has 1 aliphatic rings. The van der Waals surface area contributed by atoms with Crippen molar-refractivity contribution in [1.29, 1.82) is 0 Å². The number of aromatic nitrogens is 1. The molecule has 0 fully saturated rings. The maximum Gasteiger partial charge on any atom is 0.116 e. The summed E-state index contributed by atoms with van der Waals surface area (Å²) in [6, 6.07) is 3.99. The molecule has 1 aliphatic carbocycles. The van der Waals surface area contributed by atoms with Gasteiger partial charge in [-0.1, -0.05) is 12.6 Å². The monoisotopic (exact) mass is 189 g/mol. The Bertz CT molecular complexity index is 371. The molecule has 0 aliphatic heterocycles. The first-order valence-corrected chi connectivity index (χ1v) is 5.00. The van der Waals surface area contributed by atoms with Crippen LogP contribution < -0.4 is 0 Å². The molecule has 74 valence electrons. The zero-order valence-electron chi connectivity index (χ0n) is 8.45. The molecule has 1 N–H and O–H groups in total. The van der Waals surface area contributed by atoms with Gasteiger partial charge in [0.05, 0.1) is 5.69 Å². The predicted octanol–water partition coefficient (Wildman–Crippen LogP) is 2.18. The Hall–Kier alpha value is -1.15. The van der Waals surface area contributed by atoms with Gasteiger partial charge in [-0.25, -0.2) is 0 Å². The first kappa shape index (κ1) is 9.41. The van der Waals surface area contributed by atoms with Crippen LogP contribution >= 0.6 is 0 Å². The van der Waals surface area contributed by atoms with Crippen LogP contribution in [-0.4, -0.2) is 10.1 Å². The highest BCUT2D eigenvalue weighted by molar-refractivity contribution is 5.29. The number of aliphatic hydroxyl groups is 1. The Balaban J connectivity index is 2.33. The van der Waals surface area contributed by atoms with Crippen LogP contribution in [0.2, 0.25) is 0 Å². The van der Waals surface area contributed by atoms with E-state index in [-0.39, 0.29) is 0 Å². The van der Waals surface area contributed by atoms with Crippen molar-refractivity contribution in [2.45, 2.75) is 32.3 Å². The molecule has 1 aromatic rings. The minimum atomic E-state index is -0.610. The van der Waals surface area contributed by atoms with E-state index in [9.17, 15) is 5.11 Å². The molecule has 0 bridgehead atoms. The van der Waals surface area contributed by atoms with Gasteiger partial charge in [0, 0.05) is 5.69 Å². The van der Waals surface area contributed by atoms with E-state index in [2.05, 4.69) is 17.6 Å². The van der Waals surface area contributed by atoms with Crippen LogP contribution in [0.5, 0.6) is 0 Å². The SMILES string of the molecule is C=C(C)C(O)c1ccc2c(n1)CCC2. The van der Waals surface area contributed by atoms with Crippen molar-refractivity contribution in [3.05, 3.63) is 41.2 Å². The van der Waals surface area contributed by atoms with Gasteiger partial charge in [-0.05, 0) is 43.4 Å². The van der Waals surface area contributed by atoms with Crippen molar-refractivity contribution in [2.24, 2.45) is 0 Å². The molecule has 0 amide bonds. The van der Waals surface area contributed by atoms with Crippen LogP contribution in [0.25, 0.3) is 0 Å². The van der Waals surface area contributed by atoms with E-state index in [1.165, 1.54) is 12.0 Å². The van der Waals surface area contributed by atoms with Gasteiger partial charge < -0.3 is 5.11 Å². The summed E-state index contributed by atoms with van der Waals surface area (Å²) in [6.45, 7) is 5.55. The number of hydrogen-bond acceptors (Lipinski definition) is 2. The van der Waals surface area contributed by atoms with E-state index in [0.29, 0.717) is 0 Å². The lowest BCUT2D eigenvalue weighted by Crippen LogP contribution is -2.03. The lowest BCUT2D eigenvalue weighted by Gasteiger charge is -2.10. The minimum absolute atomic E-state index is 0.610. The maximum atomic E-state index is 9.77. The van der Waals surface area contributed by atoms with Crippen molar-refractivity contribution >= 4 is 0 Å². The van der Waals surface area contributed by atoms with E-state index in [0.717, 1.165) is 29.8 Å². The van der Waals surface area contributed by atoms with Crippen molar-refractivity contribution in [3.8, 4) is 0 Å². The third-order valence-electron chi connectivity index (χ3n) is 2.70. The fourth-order valence-electron chi connectivity index (χ4n) is 1.84. The number of aryl methyl sites for hydroxylation is 2. The Morgan fingerprint density at radius 1 is 1.50 bits per heavy atom. The first-order valence-electron chi connectivity index (χ1n) is 5.00. The number of hydrogen-bond donors (Lipinski definition) is 1. The molecule has 2 rings (SSSR count). The van der Waals surface area contributed by atoms with E-state index >= 15 is 0 Å². The largest absolute Gasteiger partial charge is 0.382 e. The average molecular weight is 189 g/mol. The molecule has 0 radical (unpaired) electrons. The number of nitrogens with zero attached hydrogens (tertiary/aromatic N) is 1. The van der Waals surface area contributed by atoms with Gasteiger partial charge >= 0.3 is 0 Å². The second kappa shape index (κ2) is 3.54. The number of pyridine rings is 1. The molecular weight excluding hydrogens is 174 g/mol. The van der Waals surface area contributed by atoms with Crippen LogP contribution in [0.1, 0.15) is 36.4 Å². The van der Waals surface area contributed by atoms with E-state index in [1.54, 1.807) is 0 Å². The van der Waals surface area contributed by atoms with Crippen LogP contribution in [0.3, 0.4) is 0 Å². The zero-order valence-corrected chi connectivity index (χ0v) is 8.45. The molecule has 0 spiro atoms. The smallest absolute Gasteiger partial charge is 0.116 e. The molecular formula is C12H15NO. The Morgan fingerprint density at radius 3 is 3.00 bits per heavy atom. The number of aliphatic hydroxyl groups excluding tert-OH is 1. The Morgan fingerprint density at radius 2 is 2.29 bits per heavy atom. The quantitative estimate of drug-likeness (QED) is 0.723. The highest BCUT2D eigenvalue weighted by Crippen LogP contribution is 2.24. The van der Waals surface area contributed by atoms with Crippen LogP contribution in [-0.2, 0) is 12.8 Å². The summed E-state index contributed by atoms with van der Waals surface area (Å²) in [5.41, 5.74) is 3.97. The van der Waals surface area contributed by atoms with Crippen molar-refractivity contribution < 1.29 is 5.11 Å². The first-order chi connectivity index (χ1) is 6.68. The van der Waals surface area contributed by atoms with Crippen LogP contribution in [0.4, 0.5) is 0 Å². The van der Waals surface area contributed by atoms with Gasteiger partial charge in [0.15, 0.2) is 0 Å². The molecule has 2 nitrogen and oxygen atoms in total. The third-order valence-corrected chi connectivity index (χ3v) is 2.70. The Labute approximate surface area is 84.3 Å². The summed E-state index contributed by atoms with van der Waals surface area (Å²) >= 11 is 0. The van der Waals surface area contributed by atoms with E-state index in [4.69, 9.17) is 0 Å². The van der Waals surface area contributed by atoms with Crippen molar-refractivity contribution in [2.75, 3.05) is 0 Å². The van der Waals surface area contributed by atoms with Gasteiger partial charge in [-0.2, -0.15) is 0 Å². The summed E-state index contributed by atoms with van der Waals surface area (Å²) in [7, 11) is 0. The molecule has 0 saturated carbocycles. The van der Waals surface area contributed by atoms with Gasteiger partial charge in [0.1, 0.15) is 6.10 Å². The molecule has 14 heavy (non-hydrogen) atoms. The lowest BCUT2D eigenvalue weighted by molar-refractivity contribution is 0.211. The van der Waals surface area contributed by atoms with Crippen LogP contribution in [0, 0.1) is 0 Å². The highest BCUT2D eigenvalue weighted by Gasteiger charge is 2.15. The standard InChI is InChI=1S/C12H15NO/c1-8(2)12(14)11-7-6-9-4-3-5-10(9)13-11/h6-7,12,14H,1,3-5H2,2H3. The molecule has 0 aromatic carbocycles. The number of fused-ring (bicyclic) bond motifs is 1. The van der Waals surface area contributed by atoms with E-state index in [1.807, 2.05) is 13.0 Å². The van der Waals surface area contributed by atoms with Crippen LogP contribution in [0.15, 0.2) is 24.3 Å². The zero-order chi connectivity index (χ0) is 10.1. The average Bonchev–Trinajstić information content (AvgIpc) is 2.62. The molecule has 2 heteroatoms. The normalized spacial score (nSPS) is 16.4. The number of rotatable bonds is 2. The van der Waals surface area contributed by atoms with Gasteiger partial charge in [0.25, 0.3) is 0 Å². The summed E-state index contributed by atoms with van der Waals surface area (Å²) in [5, 5.41) is 9.77. The highest BCUT2D eigenvalue weighted by atomic mass is 16.3. The third kappa shape index (κ3) is 1.58. The lowest BCUT2D eigenvalue weighted by atomic mass is 10.1. The molecule has 1 unspecified atom stereocenters. The van der Waals surface area contributed by atoms with Gasteiger partial charge in [0.2, 0.25) is 0 Å². The van der Waals surface area contributed by atoms with E-state index < -0.39 is 6.10 Å². The topological polar surface area (TPSA) is 33.1 Å². The minimum Gasteiger partial charge on any atom is -0.382 e. The molecule has 1 heterocycles. The van der Waals surface area contributed by atoms with Gasteiger partial charge in [-0.15, -0.1) is 0 Å². The molecule has 1 atom stereocenters. The summed E-state index contributed by atoms with van der Waals surface area (Å²) in [6.07, 6.45) is 2.76. The second-order valence-corrected chi connectivity index (χ2v) is 3.94. The summed E-state index contributed by atoms with van der Waals surface area (Å²) in [4.78, 5) is 4.46. The molecule has 1 aromatic heterocycles.